The minimum atomic E-state index is 0.00905. The quantitative estimate of drug-likeness (QED) is 0.510. The molecular formula is C20H19N5O2. The monoisotopic (exact) mass is 361 g/mol. The van der Waals surface area contributed by atoms with Gasteiger partial charge in [-0.3, -0.25) is 9.78 Å². The zero-order valence-electron chi connectivity index (χ0n) is 14.9. The molecule has 0 saturated carbocycles. The number of ketones is 1. The van der Waals surface area contributed by atoms with E-state index >= 15 is 0 Å². The summed E-state index contributed by atoms with van der Waals surface area (Å²) >= 11 is 0. The molecule has 0 unspecified atom stereocenters. The molecule has 1 N–H and O–H groups in total. The zero-order valence-corrected chi connectivity index (χ0v) is 14.9. The first-order valence-corrected chi connectivity index (χ1v) is 8.68. The summed E-state index contributed by atoms with van der Waals surface area (Å²) < 4.78 is 7.01. The van der Waals surface area contributed by atoms with Crippen molar-refractivity contribution in [3.63, 3.8) is 0 Å². The molecule has 0 radical (unpaired) electrons. The lowest BCUT2D eigenvalue weighted by Gasteiger charge is -2.08. The lowest BCUT2D eigenvalue weighted by atomic mass is 10.1. The molecular weight excluding hydrogens is 342 g/mol. The van der Waals surface area contributed by atoms with Crippen LogP contribution in [0.15, 0.2) is 55.2 Å². The number of nitrogens with one attached hydrogen (secondary N) is 1. The van der Waals surface area contributed by atoms with E-state index in [-0.39, 0.29) is 5.78 Å². The number of aromatic nitrogens is 4. The minimum absolute atomic E-state index is 0.00905. The van der Waals surface area contributed by atoms with E-state index in [1.807, 2.05) is 40.9 Å². The highest BCUT2D eigenvalue weighted by molar-refractivity contribution is 6.16. The summed E-state index contributed by atoms with van der Waals surface area (Å²) in [5.74, 6) is 0.642. The second-order valence-electron chi connectivity index (χ2n) is 6.13. The van der Waals surface area contributed by atoms with Crippen LogP contribution >= 0.6 is 0 Å². The molecule has 7 nitrogen and oxygen atoms in total. The maximum absolute atomic E-state index is 12.9. The predicted molar refractivity (Wildman–Crippen MR) is 103 cm³/mol. The van der Waals surface area contributed by atoms with Crippen molar-refractivity contribution in [2.45, 2.75) is 13.0 Å². The second kappa shape index (κ2) is 7.51. The van der Waals surface area contributed by atoms with E-state index < -0.39 is 0 Å². The van der Waals surface area contributed by atoms with Crippen molar-refractivity contribution >= 4 is 28.2 Å². The Hall–Kier alpha value is -3.32. The van der Waals surface area contributed by atoms with Gasteiger partial charge < -0.3 is 14.5 Å². The van der Waals surface area contributed by atoms with Gasteiger partial charge in [-0.05, 0) is 23.8 Å². The third kappa shape index (κ3) is 3.24. The largest absolute Gasteiger partial charge is 0.384 e. The first-order chi connectivity index (χ1) is 13.3. The van der Waals surface area contributed by atoms with E-state index in [4.69, 9.17) is 4.74 Å². The van der Waals surface area contributed by atoms with Gasteiger partial charge in [0.25, 0.3) is 0 Å². The summed E-state index contributed by atoms with van der Waals surface area (Å²) in [4.78, 5) is 25.9. The lowest BCUT2D eigenvalue weighted by Crippen LogP contribution is -2.06. The van der Waals surface area contributed by atoms with Crippen molar-refractivity contribution in [1.82, 2.24) is 19.4 Å². The maximum Gasteiger partial charge on any atom is 0.168 e. The minimum Gasteiger partial charge on any atom is -0.384 e. The van der Waals surface area contributed by atoms with Crippen LogP contribution in [0.2, 0.25) is 0 Å². The number of hydrogen-bond donors (Lipinski definition) is 1. The van der Waals surface area contributed by atoms with Crippen molar-refractivity contribution in [3.05, 3.63) is 66.4 Å². The molecule has 0 bridgehead atoms. The van der Waals surface area contributed by atoms with Crippen LogP contribution in [0.1, 0.15) is 22.3 Å². The Morgan fingerprint density at radius 2 is 2.15 bits per heavy atom. The fraction of sp³-hybridized carbons (Fsp3) is 0.200. The molecule has 27 heavy (non-hydrogen) atoms. The first-order valence-electron chi connectivity index (χ1n) is 8.68. The molecule has 136 valence electrons. The molecule has 0 atom stereocenters. The lowest BCUT2D eigenvalue weighted by molar-refractivity contribution is 0.0935. The average Bonchev–Trinajstić information content (AvgIpc) is 3.06. The van der Waals surface area contributed by atoms with E-state index in [1.54, 1.807) is 19.5 Å². The highest BCUT2D eigenvalue weighted by Crippen LogP contribution is 2.31. The Morgan fingerprint density at radius 1 is 1.22 bits per heavy atom. The molecule has 4 aromatic heterocycles. The fourth-order valence-corrected chi connectivity index (χ4v) is 3.17. The summed E-state index contributed by atoms with van der Waals surface area (Å²) in [6.45, 7) is 0.925. The molecule has 7 heteroatoms. The number of anilines is 1. The van der Waals surface area contributed by atoms with Gasteiger partial charge in [-0.1, -0.05) is 12.1 Å². The van der Waals surface area contributed by atoms with Gasteiger partial charge in [-0.2, -0.15) is 0 Å². The molecule has 0 fully saturated rings. The van der Waals surface area contributed by atoms with Crippen LogP contribution in [-0.2, 0) is 11.3 Å². The van der Waals surface area contributed by atoms with Gasteiger partial charge in [0.1, 0.15) is 12.1 Å². The number of ether oxygens (including phenoxy) is 1. The van der Waals surface area contributed by atoms with Crippen LogP contribution in [0, 0.1) is 0 Å². The number of hydrogen-bond acceptors (Lipinski definition) is 6. The topological polar surface area (TPSA) is 81.4 Å². The molecule has 0 aromatic carbocycles. The number of carbonyl (C=O) groups excluding carboxylic acids is 1. The van der Waals surface area contributed by atoms with Gasteiger partial charge in [-0.25, -0.2) is 9.97 Å². The van der Waals surface area contributed by atoms with Gasteiger partial charge in [0.2, 0.25) is 0 Å². The number of fused-ring (bicyclic) bond motifs is 3. The highest BCUT2D eigenvalue weighted by Gasteiger charge is 2.22. The molecule has 4 aromatic rings. The number of carbonyl (C=O) groups is 1. The van der Waals surface area contributed by atoms with Crippen LogP contribution in [0.25, 0.3) is 16.6 Å². The molecule has 0 spiro atoms. The fourth-order valence-electron chi connectivity index (χ4n) is 3.17. The Labute approximate surface area is 156 Å². The molecule has 0 aliphatic heterocycles. The second-order valence-corrected chi connectivity index (χ2v) is 6.13. The number of nitrogens with zero attached hydrogens (tertiary/aromatic N) is 4. The van der Waals surface area contributed by atoms with Crippen LogP contribution in [0.3, 0.4) is 0 Å². The van der Waals surface area contributed by atoms with Crippen LogP contribution < -0.4 is 5.32 Å². The Morgan fingerprint density at radius 3 is 2.96 bits per heavy atom. The van der Waals surface area contributed by atoms with E-state index in [9.17, 15) is 4.79 Å². The Balaban J connectivity index is 1.83. The van der Waals surface area contributed by atoms with Crippen molar-refractivity contribution in [2.24, 2.45) is 0 Å². The van der Waals surface area contributed by atoms with Crippen molar-refractivity contribution < 1.29 is 9.53 Å². The van der Waals surface area contributed by atoms with Gasteiger partial charge in [0.05, 0.1) is 23.1 Å². The van der Waals surface area contributed by atoms with Crippen molar-refractivity contribution in [1.29, 1.82) is 0 Å². The van der Waals surface area contributed by atoms with E-state index in [1.165, 1.54) is 6.33 Å². The summed E-state index contributed by atoms with van der Waals surface area (Å²) in [5, 5.41) is 4.06. The number of methoxy groups -OCH3 is 1. The average molecular weight is 361 g/mol. The summed E-state index contributed by atoms with van der Waals surface area (Å²) in [6.07, 6.45) is 7.25. The number of Topliss-reactive ketones (excluding diaryl/α,β-unsaturated/α-hetero) is 1. The molecule has 4 heterocycles. The molecule has 0 amide bonds. The van der Waals surface area contributed by atoms with Gasteiger partial charge >= 0.3 is 0 Å². The molecule has 0 aliphatic carbocycles. The predicted octanol–water partition coefficient (Wildman–Crippen LogP) is 3.11. The van der Waals surface area contributed by atoms with Crippen LogP contribution in [0.4, 0.5) is 5.82 Å². The number of rotatable bonds is 7. The molecule has 4 rings (SSSR count). The summed E-state index contributed by atoms with van der Waals surface area (Å²) in [7, 11) is 1.59. The van der Waals surface area contributed by atoms with E-state index in [2.05, 4.69) is 20.3 Å². The smallest absolute Gasteiger partial charge is 0.168 e. The normalized spacial score (nSPS) is 11.1. The maximum atomic E-state index is 12.9. The Bertz CT molecular complexity index is 1090. The SMILES string of the molecule is COCCC(=O)c1c2c(NCc3cccnc3)ncnc2n2ccccc12. The van der Waals surface area contributed by atoms with E-state index in [0.29, 0.717) is 36.6 Å². The van der Waals surface area contributed by atoms with Crippen LogP contribution in [-0.4, -0.2) is 38.9 Å². The Kier molecular flexibility index (Phi) is 4.76. The van der Waals surface area contributed by atoms with Gasteiger partial charge in [0, 0.05) is 38.7 Å². The summed E-state index contributed by atoms with van der Waals surface area (Å²) in [5.41, 5.74) is 3.17. The number of pyridine rings is 2. The first kappa shape index (κ1) is 17.1. The standard InChI is InChI=1S/C20H19N5O2/c1-27-10-7-16(26)17-15-6-2-3-9-25(15)20-18(17)19(23-13-24-20)22-12-14-5-4-8-21-11-14/h2-6,8-9,11,13H,7,10,12H2,1H3,(H,22,23,24). The van der Waals surface area contributed by atoms with Gasteiger partial charge in [-0.15, -0.1) is 0 Å². The highest BCUT2D eigenvalue weighted by atomic mass is 16.5. The zero-order chi connectivity index (χ0) is 18.6. The van der Waals surface area contributed by atoms with Crippen molar-refractivity contribution in [3.8, 4) is 0 Å². The van der Waals surface area contributed by atoms with Crippen LogP contribution in [0.5, 0.6) is 0 Å². The molecule has 0 saturated heterocycles. The summed E-state index contributed by atoms with van der Waals surface area (Å²) in [6, 6.07) is 9.63. The third-order valence-corrected chi connectivity index (χ3v) is 4.42. The molecule has 0 aliphatic rings. The van der Waals surface area contributed by atoms with Crippen molar-refractivity contribution in [2.75, 3.05) is 19.0 Å². The third-order valence-electron chi connectivity index (χ3n) is 4.42. The van der Waals surface area contributed by atoms with E-state index in [0.717, 1.165) is 16.5 Å². The van der Waals surface area contributed by atoms with Gasteiger partial charge in [0.15, 0.2) is 11.4 Å².